The molecule has 0 amide bonds. The number of fused-ring (bicyclic) bond motifs is 1. The van der Waals surface area contributed by atoms with Crippen molar-refractivity contribution in [3.63, 3.8) is 0 Å². The summed E-state index contributed by atoms with van der Waals surface area (Å²) in [7, 11) is 1.55. The molecular formula is C20H16F2N4O2. The number of halogens is 2. The van der Waals surface area contributed by atoms with Crippen LogP contribution in [0.5, 0.6) is 0 Å². The molecule has 0 saturated carbocycles. The van der Waals surface area contributed by atoms with E-state index < -0.39 is 17.3 Å². The first kappa shape index (κ1) is 18.0. The minimum atomic E-state index is -0.605. The van der Waals surface area contributed by atoms with E-state index >= 15 is 0 Å². The first-order valence-electron chi connectivity index (χ1n) is 8.54. The predicted molar refractivity (Wildman–Crippen MR) is 98.9 cm³/mol. The fraction of sp³-hybridized carbons (Fsp3) is 0.150. The van der Waals surface area contributed by atoms with Crippen LogP contribution in [0.2, 0.25) is 0 Å². The zero-order chi connectivity index (χ0) is 19.7. The topological polar surface area (TPSA) is 61.4 Å². The summed E-state index contributed by atoms with van der Waals surface area (Å²) in [5.41, 5.74) is 1.22. The lowest BCUT2D eigenvalue weighted by molar-refractivity contribution is 0.181. The maximum atomic E-state index is 14.0. The second-order valence-corrected chi connectivity index (χ2v) is 6.24. The zero-order valence-corrected chi connectivity index (χ0v) is 15.0. The summed E-state index contributed by atoms with van der Waals surface area (Å²) in [5, 5.41) is 4.29. The van der Waals surface area contributed by atoms with Gasteiger partial charge in [-0.15, -0.1) is 5.10 Å². The fourth-order valence-corrected chi connectivity index (χ4v) is 3.02. The van der Waals surface area contributed by atoms with Crippen LogP contribution in [0, 0.1) is 11.6 Å². The average Bonchev–Trinajstić information content (AvgIpc) is 3.00. The summed E-state index contributed by atoms with van der Waals surface area (Å²) in [6.07, 6.45) is 0. The molecule has 6 nitrogen and oxygen atoms in total. The number of benzene rings is 2. The minimum absolute atomic E-state index is 0.0387. The molecule has 0 saturated heterocycles. The van der Waals surface area contributed by atoms with E-state index in [1.807, 2.05) is 30.3 Å². The molecule has 0 bridgehead atoms. The highest BCUT2D eigenvalue weighted by molar-refractivity contribution is 5.59. The summed E-state index contributed by atoms with van der Waals surface area (Å²) in [5.74, 6) is -0.782. The van der Waals surface area contributed by atoms with Gasteiger partial charge in [0.05, 0.1) is 18.8 Å². The fourth-order valence-electron chi connectivity index (χ4n) is 3.02. The molecule has 0 aliphatic rings. The maximum absolute atomic E-state index is 14.0. The molecule has 0 fully saturated rings. The second kappa shape index (κ2) is 7.32. The van der Waals surface area contributed by atoms with E-state index in [0.717, 1.165) is 28.4 Å². The SMILES string of the molecule is COCc1cc2nn(Cc3cc(F)ccc3F)c(=O)n2c(-c2ccccc2)n1. The third-order valence-corrected chi connectivity index (χ3v) is 4.27. The van der Waals surface area contributed by atoms with Crippen LogP contribution in [-0.2, 0) is 17.9 Å². The van der Waals surface area contributed by atoms with Crippen molar-refractivity contribution in [3.8, 4) is 11.4 Å². The molecule has 0 aliphatic heterocycles. The zero-order valence-electron chi connectivity index (χ0n) is 15.0. The largest absolute Gasteiger partial charge is 0.378 e. The molecule has 4 rings (SSSR count). The first-order chi connectivity index (χ1) is 13.6. The van der Waals surface area contributed by atoms with Crippen LogP contribution in [0.4, 0.5) is 8.78 Å². The second-order valence-electron chi connectivity index (χ2n) is 6.24. The van der Waals surface area contributed by atoms with Crippen molar-refractivity contribution in [1.29, 1.82) is 0 Å². The van der Waals surface area contributed by atoms with Gasteiger partial charge in [-0.2, -0.15) is 0 Å². The predicted octanol–water partition coefficient (Wildman–Crippen LogP) is 3.03. The molecule has 28 heavy (non-hydrogen) atoms. The molecule has 0 N–H and O–H groups in total. The van der Waals surface area contributed by atoms with Gasteiger partial charge in [-0.05, 0) is 18.2 Å². The van der Waals surface area contributed by atoms with Gasteiger partial charge in [0.15, 0.2) is 5.65 Å². The Morgan fingerprint density at radius 3 is 2.61 bits per heavy atom. The van der Waals surface area contributed by atoms with E-state index in [4.69, 9.17) is 4.74 Å². The highest BCUT2D eigenvalue weighted by Gasteiger charge is 2.16. The van der Waals surface area contributed by atoms with Crippen molar-refractivity contribution >= 4 is 5.65 Å². The van der Waals surface area contributed by atoms with E-state index in [9.17, 15) is 13.6 Å². The third kappa shape index (κ3) is 3.29. The molecule has 0 spiro atoms. The van der Waals surface area contributed by atoms with Crippen molar-refractivity contribution in [3.05, 3.63) is 88.0 Å². The first-order valence-corrected chi connectivity index (χ1v) is 8.54. The van der Waals surface area contributed by atoms with Crippen molar-refractivity contribution < 1.29 is 13.5 Å². The molecule has 0 radical (unpaired) electrons. The van der Waals surface area contributed by atoms with Gasteiger partial charge >= 0.3 is 5.69 Å². The Morgan fingerprint density at radius 2 is 1.86 bits per heavy atom. The standard InChI is InChI=1S/C20H16F2N4O2/c1-28-12-16-10-18-24-25(11-14-9-15(21)7-8-17(14)22)20(27)26(18)19(23-16)13-5-3-2-4-6-13/h2-10H,11-12H2,1H3. The average molecular weight is 382 g/mol. The Balaban J connectivity index is 1.90. The van der Waals surface area contributed by atoms with Gasteiger partial charge in [0.25, 0.3) is 0 Å². The summed E-state index contributed by atoms with van der Waals surface area (Å²) >= 11 is 0. The van der Waals surface area contributed by atoms with E-state index in [0.29, 0.717) is 17.2 Å². The van der Waals surface area contributed by atoms with Crippen LogP contribution in [0.3, 0.4) is 0 Å². The normalized spacial score (nSPS) is 11.2. The van der Waals surface area contributed by atoms with Gasteiger partial charge in [-0.3, -0.25) is 0 Å². The van der Waals surface area contributed by atoms with Crippen LogP contribution in [-0.4, -0.2) is 26.3 Å². The van der Waals surface area contributed by atoms with Crippen LogP contribution in [0.15, 0.2) is 59.4 Å². The van der Waals surface area contributed by atoms with Crippen molar-refractivity contribution in [1.82, 2.24) is 19.2 Å². The van der Waals surface area contributed by atoms with E-state index in [-0.39, 0.29) is 18.7 Å². The van der Waals surface area contributed by atoms with Gasteiger partial charge < -0.3 is 4.74 Å². The molecule has 2 heterocycles. The quantitative estimate of drug-likeness (QED) is 0.532. The van der Waals surface area contributed by atoms with Crippen molar-refractivity contribution in [2.45, 2.75) is 13.2 Å². The third-order valence-electron chi connectivity index (χ3n) is 4.27. The summed E-state index contributed by atoms with van der Waals surface area (Å²) in [4.78, 5) is 17.5. The smallest absolute Gasteiger partial charge is 0.352 e. The number of ether oxygens (including phenoxy) is 1. The lowest BCUT2D eigenvalue weighted by Gasteiger charge is -2.06. The van der Waals surface area contributed by atoms with Crippen molar-refractivity contribution in [2.75, 3.05) is 7.11 Å². The highest BCUT2D eigenvalue weighted by atomic mass is 19.1. The lowest BCUT2D eigenvalue weighted by Crippen LogP contribution is -2.23. The summed E-state index contributed by atoms with van der Waals surface area (Å²) < 4.78 is 35.1. The van der Waals surface area contributed by atoms with Gasteiger partial charge in [-0.25, -0.2) is 27.6 Å². The number of hydrogen-bond acceptors (Lipinski definition) is 4. The number of rotatable bonds is 5. The Bertz CT molecular complexity index is 1200. The monoisotopic (exact) mass is 382 g/mol. The maximum Gasteiger partial charge on any atom is 0.352 e. The molecule has 0 unspecified atom stereocenters. The Morgan fingerprint density at radius 1 is 1.07 bits per heavy atom. The molecule has 142 valence electrons. The van der Waals surface area contributed by atoms with Gasteiger partial charge in [0.2, 0.25) is 0 Å². The molecular weight excluding hydrogens is 366 g/mol. The summed E-state index contributed by atoms with van der Waals surface area (Å²) in [6.45, 7) is 0.0495. The summed E-state index contributed by atoms with van der Waals surface area (Å²) in [6, 6.07) is 13.9. The molecule has 4 aromatic rings. The lowest BCUT2D eigenvalue weighted by atomic mass is 10.2. The van der Waals surface area contributed by atoms with Crippen LogP contribution >= 0.6 is 0 Å². The minimum Gasteiger partial charge on any atom is -0.378 e. The Hall–Kier alpha value is -3.39. The van der Waals surface area contributed by atoms with Crippen LogP contribution in [0.1, 0.15) is 11.3 Å². The number of nitrogens with zero attached hydrogens (tertiary/aromatic N) is 4. The molecule has 8 heteroatoms. The highest BCUT2D eigenvalue weighted by Crippen LogP contribution is 2.18. The molecule has 0 atom stereocenters. The number of methoxy groups -OCH3 is 1. The molecule has 2 aromatic heterocycles. The Labute approximate surface area is 158 Å². The van der Waals surface area contributed by atoms with E-state index in [1.165, 1.54) is 4.40 Å². The number of aromatic nitrogens is 4. The number of hydrogen-bond donors (Lipinski definition) is 0. The van der Waals surface area contributed by atoms with E-state index in [1.54, 1.807) is 13.2 Å². The van der Waals surface area contributed by atoms with Gasteiger partial charge in [0, 0.05) is 24.3 Å². The molecule has 2 aromatic carbocycles. The van der Waals surface area contributed by atoms with Crippen LogP contribution in [0.25, 0.3) is 17.0 Å². The van der Waals surface area contributed by atoms with Gasteiger partial charge in [-0.1, -0.05) is 30.3 Å². The van der Waals surface area contributed by atoms with Crippen LogP contribution < -0.4 is 5.69 Å². The Kier molecular flexibility index (Phi) is 4.70. The molecule has 0 aliphatic carbocycles. The van der Waals surface area contributed by atoms with Gasteiger partial charge in [0.1, 0.15) is 17.5 Å². The van der Waals surface area contributed by atoms with E-state index in [2.05, 4.69) is 10.1 Å². The van der Waals surface area contributed by atoms with Crippen molar-refractivity contribution in [2.24, 2.45) is 0 Å².